The zero-order valence-electron chi connectivity index (χ0n) is 11.5. The van der Waals surface area contributed by atoms with Gasteiger partial charge in [-0.25, -0.2) is 4.98 Å². The van der Waals surface area contributed by atoms with Gasteiger partial charge in [0, 0.05) is 30.6 Å². The van der Waals surface area contributed by atoms with Crippen molar-refractivity contribution in [2.75, 3.05) is 6.54 Å². The predicted molar refractivity (Wildman–Crippen MR) is 81.8 cm³/mol. The van der Waals surface area contributed by atoms with Crippen molar-refractivity contribution in [3.8, 4) is 0 Å². The summed E-state index contributed by atoms with van der Waals surface area (Å²) in [4.78, 5) is 4.68. The summed E-state index contributed by atoms with van der Waals surface area (Å²) < 4.78 is 2.20. The number of hydrogen-bond acceptors (Lipinski definition) is 2. The Morgan fingerprint density at radius 2 is 2.26 bits per heavy atom. The third kappa shape index (κ3) is 3.37. The minimum Gasteiger partial charge on any atom is -0.324 e. The lowest BCUT2D eigenvalue weighted by Crippen LogP contribution is -2.25. The van der Waals surface area contributed by atoms with Crippen molar-refractivity contribution >= 4 is 22.6 Å². The summed E-state index contributed by atoms with van der Waals surface area (Å²) in [6, 6.07) is 6.33. The normalized spacial score (nSPS) is 11.4. The molecule has 0 saturated carbocycles. The van der Waals surface area contributed by atoms with Crippen molar-refractivity contribution in [2.24, 2.45) is 0 Å². The maximum Gasteiger partial charge on any atom is 0.111 e. The average Bonchev–Trinajstić information content (AvgIpc) is 2.67. The first-order chi connectivity index (χ1) is 9.11. The monoisotopic (exact) mass is 277 g/mol. The van der Waals surface area contributed by atoms with Crippen LogP contribution in [0, 0.1) is 0 Å². The largest absolute Gasteiger partial charge is 0.324 e. The zero-order valence-corrected chi connectivity index (χ0v) is 12.2. The van der Waals surface area contributed by atoms with Crippen molar-refractivity contribution < 1.29 is 0 Å². The molecule has 4 heteroatoms. The van der Waals surface area contributed by atoms with Crippen LogP contribution in [0.3, 0.4) is 0 Å². The average molecular weight is 278 g/mol. The quantitative estimate of drug-likeness (QED) is 0.820. The lowest BCUT2D eigenvalue weighted by molar-refractivity contribution is 0.576. The van der Waals surface area contributed by atoms with E-state index in [9.17, 15) is 0 Å². The fourth-order valence-corrected chi connectivity index (χ4v) is 2.32. The second kappa shape index (κ2) is 6.22. The number of aromatic nitrogens is 2. The Morgan fingerprint density at radius 3 is 2.95 bits per heavy atom. The summed E-state index contributed by atoms with van der Waals surface area (Å²) in [5.74, 6) is 1.07. The molecule has 0 bridgehead atoms. The van der Waals surface area contributed by atoms with Crippen molar-refractivity contribution in [2.45, 2.75) is 32.9 Å². The highest BCUT2D eigenvalue weighted by molar-refractivity contribution is 6.31. The van der Waals surface area contributed by atoms with Crippen LogP contribution in [0.4, 0.5) is 0 Å². The van der Waals surface area contributed by atoms with Gasteiger partial charge < -0.3 is 9.88 Å². The number of imidazole rings is 1. The van der Waals surface area contributed by atoms with E-state index < -0.39 is 0 Å². The highest BCUT2D eigenvalue weighted by Crippen LogP contribution is 2.21. The fourth-order valence-electron chi connectivity index (χ4n) is 2.15. The smallest absolute Gasteiger partial charge is 0.111 e. The Kier molecular flexibility index (Phi) is 4.61. The van der Waals surface area contributed by atoms with Gasteiger partial charge in [0.25, 0.3) is 0 Å². The van der Waals surface area contributed by atoms with Crippen LogP contribution in [0.15, 0.2) is 30.9 Å². The van der Waals surface area contributed by atoms with Crippen LogP contribution < -0.4 is 5.32 Å². The second-order valence-corrected chi connectivity index (χ2v) is 5.36. The van der Waals surface area contributed by atoms with Crippen molar-refractivity contribution in [3.63, 3.8) is 0 Å². The van der Waals surface area contributed by atoms with E-state index in [1.807, 2.05) is 24.3 Å². The Balaban J connectivity index is 2.30. The molecule has 0 atom stereocenters. The highest BCUT2D eigenvalue weighted by atomic mass is 35.5. The number of nitrogens with one attached hydrogen (secondary N) is 1. The van der Waals surface area contributed by atoms with Gasteiger partial charge in [-0.15, -0.1) is 6.58 Å². The number of benzene rings is 1. The first-order valence-corrected chi connectivity index (χ1v) is 6.98. The van der Waals surface area contributed by atoms with E-state index in [0.717, 1.165) is 41.4 Å². The fraction of sp³-hybridized carbons (Fsp3) is 0.400. The third-order valence-corrected chi connectivity index (χ3v) is 3.24. The lowest BCUT2D eigenvalue weighted by Gasteiger charge is -2.09. The molecule has 0 aliphatic carbocycles. The van der Waals surface area contributed by atoms with Gasteiger partial charge >= 0.3 is 0 Å². The van der Waals surface area contributed by atoms with Crippen LogP contribution in [0.5, 0.6) is 0 Å². The minimum atomic E-state index is 0.492. The van der Waals surface area contributed by atoms with E-state index in [2.05, 4.69) is 35.3 Å². The molecule has 2 rings (SSSR count). The maximum atomic E-state index is 6.02. The summed E-state index contributed by atoms with van der Waals surface area (Å²) >= 11 is 6.02. The van der Waals surface area contributed by atoms with Crippen LogP contribution in [-0.4, -0.2) is 22.1 Å². The molecule has 0 amide bonds. The first-order valence-electron chi connectivity index (χ1n) is 6.60. The number of allylic oxidation sites excluding steroid dienone is 1. The standard InChI is InChI=1S/C15H20ClN3/c1-4-9-19-14-6-5-12(16)10-13(14)18-15(19)7-8-17-11(2)3/h4-6,10-11,17H,1,7-9H2,2-3H3. The number of rotatable bonds is 6. The van der Waals surface area contributed by atoms with Crippen LogP contribution >= 0.6 is 11.6 Å². The van der Waals surface area contributed by atoms with Gasteiger partial charge in [0.2, 0.25) is 0 Å². The van der Waals surface area contributed by atoms with Gasteiger partial charge in [-0.1, -0.05) is 31.5 Å². The van der Waals surface area contributed by atoms with Gasteiger partial charge in [0.1, 0.15) is 5.82 Å². The summed E-state index contributed by atoms with van der Waals surface area (Å²) in [5, 5.41) is 4.14. The molecule has 0 spiro atoms. The lowest BCUT2D eigenvalue weighted by atomic mass is 10.3. The molecule has 0 fully saturated rings. The number of nitrogens with zero attached hydrogens (tertiary/aromatic N) is 2. The Hall–Kier alpha value is -1.32. The molecular weight excluding hydrogens is 258 g/mol. The van der Waals surface area contributed by atoms with Crippen molar-refractivity contribution in [1.82, 2.24) is 14.9 Å². The molecule has 0 saturated heterocycles. The molecule has 0 aliphatic rings. The second-order valence-electron chi connectivity index (χ2n) is 4.92. The predicted octanol–water partition coefficient (Wildman–Crippen LogP) is 3.42. The van der Waals surface area contributed by atoms with E-state index in [4.69, 9.17) is 11.6 Å². The minimum absolute atomic E-state index is 0.492. The Labute approximate surface area is 119 Å². The molecule has 0 radical (unpaired) electrons. The van der Waals surface area contributed by atoms with E-state index in [1.165, 1.54) is 0 Å². The molecule has 1 heterocycles. The number of hydrogen-bond donors (Lipinski definition) is 1. The van der Waals surface area contributed by atoms with Gasteiger partial charge in [-0.3, -0.25) is 0 Å². The van der Waals surface area contributed by atoms with Crippen molar-refractivity contribution in [1.29, 1.82) is 0 Å². The van der Waals surface area contributed by atoms with E-state index in [1.54, 1.807) is 0 Å². The molecule has 2 aromatic rings. The molecule has 102 valence electrons. The maximum absolute atomic E-state index is 6.02. The summed E-state index contributed by atoms with van der Waals surface area (Å²) in [6.45, 7) is 9.81. The van der Waals surface area contributed by atoms with Crippen LogP contribution in [0.2, 0.25) is 5.02 Å². The van der Waals surface area contributed by atoms with Gasteiger partial charge in [0.15, 0.2) is 0 Å². The molecule has 19 heavy (non-hydrogen) atoms. The molecule has 0 aliphatic heterocycles. The topological polar surface area (TPSA) is 29.9 Å². The van der Waals surface area contributed by atoms with Gasteiger partial charge in [-0.05, 0) is 18.2 Å². The van der Waals surface area contributed by atoms with E-state index >= 15 is 0 Å². The van der Waals surface area contributed by atoms with E-state index in [-0.39, 0.29) is 0 Å². The summed E-state index contributed by atoms with van der Waals surface area (Å²) in [7, 11) is 0. The highest BCUT2D eigenvalue weighted by Gasteiger charge is 2.10. The molecule has 0 unspecified atom stereocenters. The number of fused-ring (bicyclic) bond motifs is 1. The summed E-state index contributed by atoms with van der Waals surface area (Å²) in [6.07, 6.45) is 2.80. The van der Waals surface area contributed by atoms with Gasteiger partial charge in [0.05, 0.1) is 11.0 Å². The van der Waals surface area contributed by atoms with Crippen molar-refractivity contribution in [3.05, 3.63) is 41.7 Å². The van der Waals surface area contributed by atoms with Crippen LogP contribution in [-0.2, 0) is 13.0 Å². The van der Waals surface area contributed by atoms with E-state index in [0.29, 0.717) is 6.04 Å². The third-order valence-electron chi connectivity index (χ3n) is 3.00. The molecule has 3 nitrogen and oxygen atoms in total. The number of halogens is 1. The zero-order chi connectivity index (χ0) is 13.8. The Morgan fingerprint density at radius 1 is 1.47 bits per heavy atom. The Bertz CT molecular complexity index is 572. The SMILES string of the molecule is C=CCn1c(CCNC(C)C)nc2cc(Cl)ccc21. The molecule has 1 aromatic heterocycles. The van der Waals surface area contributed by atoms with Crippen LogP contribution in [0.1, 0.15) is 19.7 Å². The van der Waals surface area contributed by atoms with Gasteiger partial charge in [-0.2, -0.15) is 0 Å². The van der Waals surface area contributed by atoms with Crippen LogP contribution in [0.25, 0.3) is 11.0 Å². The molecule has 1 N–H and O–H groups in total. The molecular formula is C15H20ClN3. The molecule has 1 aromatic carbocycles. The first kappa shape index (κ1) is 14.1. The summed E-state index contributed by atoms with van der Waals surface area (Å²) in [5.41, 5.74) is 2.07.